The van der Waals surface area contributed by atoms with E-state index < -0.39 is 0 Å². The molecule has 1 aliphatic heterocycles. The molecule has 1 saturated heterocycles. The van der Waals surface area contributed by atoms with Crippen LogP contribution in [-0.2, 0) is 4.74 Å². The molecule has 0 aromatic heterocycles. The number of hydrogen-bond donors (Lipinski definition) is 2. The van der Waals surface area contributed by atoms with Crippen LogP contribution in [0.5, 0.6) is 0 Å². The van der Waals surface area contributed by atoms with Crippen molar-refractivity contribution >= 4 is 5.96 Å². The Morgan fingerprint density at radius 1 is 1.21 bits per heavy atom. The first kappa shape index (κ1) is 13.2. The van der Waals surface area contributed by atoms with Gasteiger partial charge in [0, 0.05) is 24.0 Å². The fraction of sp³-hybridized carbons (Fsp3) is 0.933. The van der Waals surface area contributed by atoms with Gasteiger partial charge < -0.3 is 15.8 Å². The molecule has 3 fully saturated rings. The van der Waals surface area contributed by atoms with Gasteiger partial charge in [-0.05, 0) is 19.3 Å². The summed E-state index contributed by atoms with van der Waals surface area (Å²) in [6, 6.07) is 0.868. The number of hydrogen-bond acceptors (Lipinski definition) is 2. The Hall–Kier alpha value is -0.770. The van der Waals surface area contributed by atoms with E-state index in [0.717, 1.165) is 13.0 Å². The van der Waals surface area contributed by atoms with Crippen molar-refractivity contribution in [2.45, 2.75) is 70.6 Å². The van der Waals surface area contributed by atoms with Gasteiger partial charge in [0.15, 0.2) is 5.96 Å². The van der Waals surface area contributed by atoms with Crippen LogP contribution in [0.1, 0.15) is 52.4 Å². The molecule has 0 amide bonds. The number of nitrogens with two attached hydrogens (primary N) is 1. The molecule has 3 rings (SSSR count). The van der Waals surface area contributed by atoms with Crippen LogP contribution in [0.4, 0.5) is 0 Å². The molecule has 108 valence electrons. The first-order valence-corrected chi connectivity index (χ1v) is 7.80. The highest BCUT2D eigenvalue weighted by Crippen LogP contribution is 2.53. The van der Waals surface area contributed by atoms with Gasteiger partial charge in [-0.2, -0.15) is 0 Å². The summed E-state index contributed by atoms with van der Waals surface area (Å²) in [6.45, 7) is 5.39. The lowest BCUT2D eigenvalue weighted by Gasteiger charge is -2.52. The van der Waals surface area contributed by atoms with Gasteiger partial charge in [0.25, 0.3) is 0 Å². The van der Waals surface area contributed by atoms with Gasteiger partial charge in [-0.25, -0.2) is 4.99 Å². The fourth-order valence-corrected chi connectivity index (χ4v) is 4.20. The Morgan fingerprint density at radius 3 is 2.68 bits per heavy atom. The number of aliphatic imine (C=N–C) groups is 1. The maximum atomic E-state index is 6.12. The topological polar surface area (TPSA) is 59.6 Å². The van der Waals surface area contributed by atoms with E-state index in [1.54, 1.807) is 0 Å². The first-order valence-electron chi connectivity index (χ1n) is 7.80. The summed E-state index contributed by atoms with van der Waals surface area (Å²) in [6.07, 6.45) is 8.00. The van der Waals surface area contributed by atoms with Gasteiger partial charge in [-0.15, -0.1) is 0 Å². The van der Waals surface area contributed by atoms with Crippen molar-refractivity contribution in [2.24, 2.45) is 22.1 Å². The Balaban J connectivity index is 1.61. The van der Waals surface area contributed by atoms with Gasteiger partial charge in [-0.1, -0.05) is 33.1 Å². The molecule has 4 nitrogen and oxygen atoms in total. The zero-order valence-electron chi connectivity index (χ0n) is 12.2. The normalized spacial score (nSPS) is 38.6. The molecule has 1 heterocycles. The maximum Gasteiger partial charge on any atom is 0.189 e. The highest BCUT2D eigenvalue weighted by Gasteiger charge is 2.59. The lowest BCUT2D eigenvalue weighted by atomic mass is 9.57. The van der Waals surface area contributed by atoms with Crippen molar-refractivity contribution in [3.63, 3.8) is 0 Å². The summed E-state index contributed by atoms with van der Waals surface area (Å²) in [5, 5.41) is 3.42. The van der Waals surface area contributed by atoms with E-state index in [1.807, 2.05) is 0 Å². The van der Waals surface area contributed by atoms with E-state index >= 15 is 0 Å². The molecule has 2 saturated carbocycles. The molecule has 19 heavy (non-hydrogen) atoms. The van der Waals surface area contributed by atoms with Crippen LogP contribution in [0.3, 0.4) is 0 Å². The molecule has 0 bridgehead atoms. The van der Waals surface area contributed by atoms with Crippen molar-refractivity contribution in [3.8, 4) is 0 Å². The minimum Gasteiger partial charge on any atom is -0.377 e. The average molecular weight is 265 g/mol. The third-order valence-corrected chi connectivity index (χ3v) is 5.27. The summed E-state index contributed by atoms with van der Waals surface area (Å²) in [5.74, 6) is 1.23. The van der Waals surface area contributed by atoms with Crippen LogP contribution in [0.2, 0.25) is 0 Å². The molecule has 0 radical (unpaired) electrons. The smallest absolute Gasteiger partial charge is 0.189 e. The van der Waals surface area contributed by atoms with Gasteiger partial charge in [0.1, 0.15) is 0 Å². The monoisotopic (exact) mass is 265 g/mol. The SMILES string of the molecule is CC1(C)C(N=C(N)NC2CCCCC2)C2CCOC21. The van der Waals surface area contributed by atoms with E-state index in [2.05, 4.69) is 19.2 Å². The second-order valence-corrected chi connectivity index (χ2v) is 7.00. The summed E-state index contributed by atoms with van der Waals surface area (Å²) in [4.78, 5) is 4.78. The molecule has 0 spiro atoms. The first-order chi connectivity index (χ1) is 9.09. The van der Waals surface area contributed by atoms with Crippen LogP contribution in [0.25, 0.3) is 0 Å². The third kappa shape index (κ3) is 2.35. The number of rotatable bonds is 2. The Labute approximate surface area is 116 Å². The van der Waals surface area contributed by atoms with Crippen molar-refractivity contribution in [1.82, 2.24) is 5.32 Å². The van der Waals surface area contributed by atoms with Crippen molar-refractivity contribution in [1.29, 1.82) is 0 Å². The van der Waals surface area contributed by atoms with Crippen molar-refractivity contribution < 1.29 is 4.74 Å². The van der Waals surface area contributed by atoms with Crippen LogP contribution >= 0.6 is 0 Å². The second kappa shape index (κ2) is 4.97. The number of nitrogens with zero attached hydrogens (tertiary/aromatic N) is 1. The van der Waals surface area contributed by atoms with Crippen LogP contribution in [0.15, 0.2) is 4.99 Å². The van der Waals surface area contributed by atoms with Gasteiger partial charge in [0.05, 0.1) is 12.1 Å². The lowest BCUT2D eigenvalue weighted by Crippen LogP contribution is -2.60. The Kier molecular flexibility index (Phi) is 3.46. The zero-order valence-corrected chi connectivity index (χ0v) is 12.2. The van der Waals surface area contributed by atoms with E-state index in [0.29, 0.717) is 30.1 Å². The highest BCUT2D eigenvalue weighted by atomic mass is 16.5. The second-order valence-electron chi connectivity index (χ2n) is 7.00. The summed E-state index contributed by atoms with van der Waals surface area (Å²) >= 11 is 0. The van der Waals surface area contributed by atoms with Crippen LogP contribution in [-0.4, -0.2) is 30.8 Å². The summed E-state index contributed by atoms with van der Waals surface area (Å²) in [5.41, 5.74) is 6.26. The minimum atomic E-state index is 0.139. The number of ether oxygens (including phenoxy) is 1. The fourth-order valence-electron chi connectivity index (χ4n) is 4.20. The molecule has 3 atom stereocenters. The van der Waals surface area contributed by atoms with E-state index in [-0.39, 0.29) is 5.41 Å². The van der Waals surface area contributed by atoms with Crippen molar-refractivity contribution in [2.75, 3.05) is 6.61 Å². The molecule has 2 aliphatic carbocycles. The Bertz CT molecular complexity index is 360. The van der Waals surface area contributed by atoms with Crippen LogP contribution in [0, 0.1) is 11.3 Å². The average Bonchev–Trinajstić information content (AvgIpc) is 2.84. The molecule has 3 aliphatic rings. The molecule has 0 aromatic rings. The lowest BCUT2D eigenvalue weighted by molar-refractivity contribution is -0.0986. The molecule has 3 N–H and O–H groups in total. The minimum absolute atomic E-state index is 0.139. The van der Waals surface area contributed by atoms with Crippen LogP contribution < -0.4 is 11.1 Å². The number of guanidine groups is 1. The summed E-state index contributed by atoms with van der Waals surface area (Å²) < 4.78 is 5.80. The maximum absolute atomic E-state index is 6.12. The van der Waals surface area contributed by atoms with E-state index in [9.17, 15) is 0 Å². The van der Waals surface area contributed by atoms with Gasteiger partial charge >= 0.3 is 0 Å². The molecule has 4 heteroatoms. The van der Waals surface area contributed by atoms with E-state index in [4.69, 9.17) is 15.5 Å². The number of nitrogens with one attached hydrogen (secondary N) is 1. The highest BCUT2D eigenvalue weighted by molar-refractivity contribution is 5.78. The molecule has 0 aromatic carbocycles. The van der Waals surface area contributed by atoms with E-state index in [1.165, 1.54) is 32.1 Å². The largest absolute Gasteiger partial charge is 0.377 e. The summed E-state index contributed by atoms with van der Waals surface area (Å²) in [7, 11) is 0. The third-order valence-electron chi connectivity index (χ3n) is 5.27. The number of fused-ring (bicyclic) bond motifs is 1. The predicted molar refractivity (Wildman–Crippen MR) is 77.0 cm³/mol. The molecular weight excluding hydrogens is 238 g/mol. The van der Waals surface area contributed by atoms with Gasteiger partial charge in [-0.3, -0.25) is 0 Å². The van der Waals surface area contributed by atoms with Gasteiger partial charge in [0.2, 0.25) is 0 Å². The zero-order chi connectivity index (χ0) is 13.5. The predicted octanol–water partition coefficient (Wildman–Crippen LogP) is 2.04. The quantitative estimate of drug-likeness (QED) is 0.593. The van der Waals surface area contributed by atoms with Crippen molar-refractivity contribution in [3.05, 3.63) is 0 Å². The molecular formula is C15H27N3O. The standard InChI is InChI=1S/C15H27N3O/c1-15(2)12(11-8-9-19-13(11)15)18-14(16)17-10-6-4-3-5-7-10/h10-13H,3-9H2,1-2H3,(H3,16,17,18). The Morgan fingerprint density at radius 2 is 1.95 bits per heavy atom. The molecule has 3 unspecified atom stereocenters.